The summed E-state index contributed by atoms with van der Waals surface area (Å²) in [5, 5.41) is 9.65. The normalized spacial score (nSPS) is 19.4. The molecule has 17 heavy (non-hydrogen) atoms. The van der Waals surface area contributed by atoms with Gasteiger partial charge >= 0.3 is 5.97 Å². The third-order valence-electron chi connectivity index (χ3n) is 4.20. The van der Waals surface area contributed by atoms with Gasteiger partial charge in [-0.2, -0.15) is 0 Å². The monoisotopic (exact) mass is 232 g/mol. The van der Waals surface area contributed by atoms with Gasteiger partial charge in [-0.15, -0.1) is 0 Å². The molecule has 1 atom stereocenters. The second-order valence-corrected chi connectivity index (χ2v) is 5.11. The standard InChI is InChI=1S/C15H20O2/c1-2-15(14(16)17,11-12-7-6-8-12)13-9-4-3-5-10-13/h3-5,9-10,12H,2,6-8,11H2,1H3,(H,16,17). The Morgan fingerprint density at radius 1 is 1.35 bits per heavy atom. The Labute approximate surface area is 103 Å². The predicted molar refractivity (Wildman–Crippen MR) is 68.0 cm³/mol. The van der Waals surface area contributed by atoms with Crippen LogP contribution in [0, 0.1) is 5.92 Å². The van der Waals surface area contributed by atoms with E-state index in [0.717, 1.165) is 12.0 Å². The van der Waals surface area contributed by atoms with E-state index in [9.17, 15) is 9.90 Å². The molecule has 1 unspecified atom stereocenters. The molecule has 2 heteroatoms. The van der Waals surface area contributed by atoms with E-state index in [1.54, 1.807) is 0 Å². The van der Waals surface area contributed by atoms with Gasteiger partial charge in [0.1, 0.15) is 0 Å². The molecular formula is C15H20O2. The molecule has 92 valence electrons. The first-order valence-electron chi connectivity index (χ1n) is 6.48. The Hall–Kier alpha value is -1.31. The van der Waals surface area contributed by atoms with Crippen LogP contribution in [0.4, 0.5) is 0 Å². The van der Waals surface area contributed by atoms with Gasteiger partial charge in [0.05, 0.1) is 5.41 Å². The van der Waals surface area contributed by atoms with Crippen LogP contribution >= 0.6 is 0 Å². The lowest BCUT2D eigenvalue weighted by Gasteiger charge is -2.36. The van der Waals surface area contributed by atoms with E-state index in [2.05, 4.69) is 0 Å². The molecule has 1 saturated carbocycles. The summed E-state index contributed by atoms with van der Waals surface area (Å²) in [5.74, 6) is -0.0654. The van der Waals surface area contributed by atoms with Crippen LogP contribution in [0.15, 0.2) is 30.3 Å². The third-order valence-corrected chi connectivity index (χ3v) is 4.20. The van der Waals surface area contributed by atoms with Crippen molar-refractivity contribution in [3.8, 4) is 0 Å². The topological polar surface area (TPSA) is 37.3 Å². The number of carboxylic acids is 1. The maximum absolute atomic E-state index is 11.7. The van der Waals surface area contributed by atoms with E-state index in [1.807, 2.05) is 37.3 Å². The number of carbonyl (C=O) groups is 1. The average molecular weight is 232 g/mol. The molecule has 0 spiro atoms. The van der Waals surface area contributed by atoms with Crippen LogP contribution in [0.5, 0.6) is 0 Å². The van der Waals surface area contributed by atoms with E-state index in [1.165, 1.54) is 19.3 Å². The molecule has 0 bridgehead atoms. The van der Waals surface area contributed by atoms with Crippen molar-refractivity contribution in [2.24, 2.45) is 5.92 Å². The molecule has 0 radical (unpaired) electrons. The lowest BCUT2D eigenvalue weighted by Crippen LogP contribution is -2.38. The van der Waals surface area contributed by atoms with Crippen molar-refractivity contribution in [3.05, 3.63) is 35.9 Å². The first-order chi connectivity index (χ1) is 8.19. The first-order valence-corrected chi connectivity index (χ1v) is 6.48. The van der Waals surface area contributed by atoms with E-state index >= 15 is 0 Å². The fourth-order valence-corrected chi connectivity index (χ4v) is 2.78. The Bertz CT molecular complexity index is 381. The summed E-state index contributed by atoms with van der Waals surface area (Å²) in [6, 6.07) is 9.72. The second-order valence-electron chi connectivity index (χ2n) is 5.11. The molecule has 1 aliphatic carbocycles. The highest BCUT2D eigenvalue weighted by atomic mass is 16.4. The van der Waals surface area contributed by atoms with Gasteiger partial charge in [0.2, 0.25) is 0 Å². The molecule has 1 aromatic rings. The summed E-state index contributed by atoms with van der Waals surface area (Å²) < 4.78 is 0. The maximum atomic E-state index is 11.7. The highest BCUT2D eigenvalue weighted by molar-refractivity contribution is 5.81. The summed E-state index contributed by atoms with van der Waals surface area (Å²) in [6.07, 6.45) is 5.12. The van der Waals surface area contributed by atoms with Crippen LogP contribution in [-0.4, -0.2) is 11.1 Å². The summed E-state index contributed by atoms with van der Waals surface area (Å²) in [4.78, 5) is 11.7. The van der Waals surface area contributed by atoms with Gasteiger partial charge in [-0.1, -0.05) is 56.5 Å². The largest absolute Gasteiger partial charge is 0.481 e. The Morgan fingerprint density at radius 2 is 2.00 bits per heavy atom. The van der Waals surface area contributed by atoms with Crippen LogP contribution in [0.25, 0.3) is 0 Å². The minimum Gasteiger partial charge on any atom is -0.481 e. The molecule has 2 nitrogen and oxygen atoms in total. The zero-order valence-electron chi connectivity index (χ0n) is 10.4. The van der Waals surface area contributed by atoms with Crippen molar-refractivity contribution in [1.82, 2.24) is 0 Å². The van der Waals surface area contributed by atoms with Gasteiger partial charge in [0.15, 0.2) is 0 Å². The van der Waals surface area contributed by atoms with Gasteiger partial charge in [-0.25, -0.2) is 0 Å². The Balaban J connectivity index is 2.31. The van der Waals surface area contributed by atoms with Gasteiger partial charge in [0.25, 0.3) is 0 Å². The van der Waals surface area contributed by atoms with E-state index < -0.39 is 11.4 Å². The summed E-state index contributed by atoms with van der Waals surface area (Å²) in [5.41, 5.74) is 0.286. The van der Waals surface area contributed by atoms with Gasteiger partial charge in [-0.05, 0) is 24.3 Å². The van der Waals surface area contributed by atoms with Crippen LogP contribution in [-0.2, 0) is 10.2 Å². The lowest BCUT2D eigenvalue weighted by atomic mass is 9.67. The van der Waals surface area contributed by atoms with Crippen molar-refractivity contribution < 1.29 is 9.90 Å². The van der Waals surface area contributed by atoms with Crippen molar-refractivity contribution in [1.29, 1.82) is 0 Å². The Kier molecular flexibility index (Phi) is 3.51. The highest BCUT2D eigenvalue weighted by Gasteiger charge is 2.41. The second kappa shape index (κ2) is 4.91. The fourth-order valence-electron chi connectivity index (χ4n) is 2.78. The zero-order chi connectivity index (χ0) is 12.3. The molecule has 1 fully saturated rings. The summed E-state index contributed by atoms with van der Waals surface area (Å²) in [6.45, 7) is 1.99. The number of benzene rings is 1. The van der Waals surface area contributed by atoms with Crippen LogP contribution < -0.4 is 0 Å². The van der Waals surface area contributed by atoms with Crippen molar-refractivity contribution in [2.45, 2.75) is 44.4 Å². The lowest BCUT2D eigenvalue weighted by molar-refractivity contribution is -0.145. The molecule has 1 aromatic carbocycles. The quantitative estimate of drug-likeness (QED) is 0.842. The van der Waals surface area contributed by atoms with Crippen LogP contribution in [0.3, 0.4) is 0 Å². The molecule has 1 N–H and O–H groups in total. The zero-order valence-corrected chi connectivity index (χ0v) is 10.4. The third kappa shape index (κ3) is 2.21. The van der Waals surface area contributed by atoms with Gasteiger partial charge in [-0.3, -0.25) is 4.79 Å². The van der Waals surface area contributed by atoms with E-state index in [-0.39, 0.29) is 0 Å². The molecular weight excluding hydrogens is 212 g/mol. The smallest absolute Gasteiger partial charge is 0.314 e. The summed E-state index contributed by atoms with van der Waals surface area (Å²) >= 11 is 0. The SMILES string of the molecule is CCC(CC1CCC1)(C(=O)O)c1ccccc1. The maximum Gasteiger partial charge on any atom is 0.314 e. The predicted octanol–water partition coefficient (Wildman–Crippen LogP) is 3.61. The molecule has 0 heterocycles. The average Bonchev–Trinajstić information content (AvgIpc) is 2.29. The van der Waals surface area contributed by atoms with Crippen LogP contribution in [0.1, 0.15) is 44.6 Å². The minimum atomic E-state index is -0.674. The van der Waals surface area contributed by atoms with Crippen molar-refractivity contribution in [3.63, 3.8) is 0 Å². The van der Waals surface area contributed by atoms with Crippen LogP contribution in [0.2, 0.25) is 0 Å². The number of rotatable bonds is 5. The Morgan fingerprint density at radius 3 is 2.41 bits per heavy atom. The number of carboxylic acid groups (broad SMARTS) is 1. The van der Waals surface area contributed by atoms with Gasteiger partial charge in [0, 0.05) is 0 Å². The van der Waals surface area contributed by atoms with Crippen molar-refractivity contribution in [2.75, 3.05) is 0 Å². The highest BCUT2D eigenvalue weighted by Crippen LogP contribution is 2.41. The minimum absolute atomic E-state index is 0.603. The first kappa shape index (κ1) is 12.2. The molecule has 0 aliphatic heterocycles. The molecule has 1 aliphatic rings. The van der Waals surface area contributed by atoms with E-state index in [4.69, 9.17) is 0 Å². The van der Waals surface area contributed by atoms with Gasteiger partial charge < -0.3 is 5.11 Å². The molecule has 0 amide bonds. The molecule has 0 saturated heterocycles. The number of aliphatic carboxylic acids is 1. The number of hydrogen-bond acceptors (Lipinski definition) is 1. The fraction of sp³-hybridized carbons (Fsp3) is 0.533. The molecule has 2 rings (SSSR count). The number of hydrogen-bond donors (Lipinski definition) is 1. The van der Waals surface area contributed by atoms with E-state index in [0.29, 0.717) is 12.3 Å². The van der Waals surface area contributed by atoms with Crippen molar-refractivity contribution >= 4 is 5.97 Å². The molecule has 0 aromatic heterocycles. The summed E-state index contributed by atoms with van der Waals surface area (Å²) in [7, 11) is 0.